The highest BCUT2D eigenvalue weighted by molar-refractivity contribution is 9.10. The Morgan fingerprint density at radius 2 is 1.82 bits per heavy atom. The molecule has 0 fully saturated rings. The smallest absolute Gasteiger partial charge is 0.175 e. The van der Waals surface area contributed by atoms with Crippen molar-refractivity contribution in [1.29, 1.82) is 5.26 Å². The fourth-order valence-electron chi connectivity index (χ4n) is 6.21. The van der Waals surface area contributed by atoms with Gasteiger partial charge in [-0.05, 0) is 95.1 Å². The predicted octanol–water partition coefficient (Wildman–Crippen LogP) is 7.63. The monoisotopic (exact) mass is 654 g/mol. The number of hydrogen-bond acceptors (Lipinski definition) is 7. The number of ketones is 1. The molecule has 2 atom stereocenters. The number of carbonyl (C=O) groups is 1. The summed E-state index contributed by atoms with van der Waals surface area (Å²) in [7, 11) is 0. The molecule has 0 saturated carbocycles. The van der Waals surface area contributed by atoms with E-state index in [0.29, 0.717) is 48.2 Å². The molecule has 0 amide bonds. The first-order valence-electron chi connectivity index (χ1n) is 15.3. The van der Waals surface area contributed by atoms with Crippen molar-refractivity contribution >= 4 is 21.7 Å². The highest BCUT2D eigenvalue weighted by Gasteiger charge is 2.39. The van der Waals surface area contributed by atoms with Gasteiger partial charge in [0.25, 0.3) is 0 Å². The molecule has 2 aromatic carbocycles. The molecule has 8 heteroatoms. The van der Waals surface area contributed by atoms with Crippen LogP contribution in [0.3, 0.4) is 0 Å². The molecule has 228 valence electrons. The van der Waals surface area contributed by atoms with Gasteiger partial charge in [-0.3, -0.25) is 9.78 Å². The van der Waals surface area contributed by atoms with E-state index in [4.69, 9.17) is 9.47 Å². The number of rotatable bonds is 12. The van der Waals surface area contributed by atoms with Crippen LogP contribution >= 0.6 is 15.9 Å². The summed E-state index contributed by atoms with van der Waals surface area (Å²) < 4.78 is 13.2. The molecule has 1 aromatic heterocycles. The number of carbonyl (C=O) groups excluding carboxylic acids is 1. The van der Waals surface area contributed by atoms with Gasteiger partial charge in [0.2, 0.25) is 0 Å². The number of Topliss-reactive ketones (excluding diaryl/α,β-unsaturated/α-hetero) is 1. The highest BCUT2D eigenvalue weighted by Crippen LogP contribution is 2.47. The Morgan fingerprint density at radius 3 is 2.57 bits per heavy atom. The van der Waals surface area contributed by atoms with E-state index in [-0.39, 0.29) is 5.78 Å². The van der Waals surface area contributed by atoms with E-state index in [1.807, 2.05) is 50.2 Å². The SMILES string of the molecule is CCCC1CC(=O)C2=C(C1)NC(C)=C(C#N)C2c1cc(Br)c(OCc2cccc(CNCc3ccncc3)c2)c(OCC)c1. The number of hydrogen-bond donors (Lipinski definition) is 2. The lowest BCUT2D eigenvalue weighted by Crippen LogP contribution is -2.34. The molecule has 2 aliphatic rings. The van der Waals surface area contributed by atoms with E-state index in [0.717, 1.165) is 59.3 Å². The number of allylic oxidation sites excluding steroid dienone is 4. The lowest BCUT2D eigenvalue weighted by molar-refractivity contribution is -0.117. The summed E-state index contributed by atoms with van der Waals surface area (Å²) in [6, 6.07) is 18.6. The minimum atomic E-state index is -0.452. The van der Waals surface area contributed by atoms with E-state index < -0.39 is 5.92 Å². The van der Waals surface area contributed by atoms with Gasteiger partial charge in [-0.15, -0.1) is 0 Å². The Kier molecular flexibility index (Phi) is 10.5. The summed E-state index contributed by atoms with van der Waals surface area (Å²) in [5, 5.41) is 17.1. The fourth-order valence-corrected chi connectivity index (χ4v) is 6.78. The third-order valence-corrected chi connectivity index (χ3v) is 8.77. The van der Waals surface area contributed by atoms with Gasteiger partial charge >= 0.3 is 0 Å². The summed E-state index contributed by atoms with van der Waals surface area (Å²) in [5.41, 5.74) is 7.24. The Balaban J connectivity index is 1.37. The van der Waals surface area contributed by atoms with Gasteiger partial charge in [0.1, 0.15) is 6.61 Å². The summed E-state index contributed by atoms with van der Waals surface area (Å²) in [6.45, 7) is 8.31. The van der Waals surface area contributed by atoms with Gasteiger partial charge in [-0.25, -0.2) is 0 Å². The van der Waals surface area contributed by atoms with Crippen LogP contribution in [-0.4, -0.2) is 17.4 Å². The second-order valence-corrected chi connectivity index (χ2v) is 12.3. The molecule has 0 spiro atoms. The van der Waals surface area contributed by atoms with E-state index in [9.17, 15) is 10.1 Å². The van der Waals surface area contributed by atoms with Crippen LogP contribution in [0.5, 0.6) is 11.5 Å². The Hall–Kier alpha value is -3.93. The van der Waals surface area contributed by atoms with Crippen molar-refractivity contribution in [3.8, 4) is 17.6 Å². The minimum Gasteiger partial charge on any atom is -0.490 e. The largest absolute Gasteiger partial charge is 0.490 e. The molecule has 5 rings (SSSR count). The van der Waals surface area contributed by atoms with E-state index in [1.165, 1.54) is 11.1 Å². The normalized spacial score (nSPS) is 18.0. The van der Waals surface area contributed by atoms with Gasteiger partial charge < -0.3 is 20.1 Å². The molecule has 1 aliphatic heterocycles. The molecule has 2 heterocycles. The molecule has 0 bridgehead atoms. The third kappa shape index (κ3) is 7.23. The van der Waals surface area contributed by atoms with Crippen molar-refractivity contribution in [2.45, 2.75) is 72.1 Å². The topological polar surface area (TPSA) is 96.3 Å². The molecule has 2 N–H and O–H groups in total. The van der Waals surface area contributed by atoms with E-state index in [1.54, 1.807) is 12.4 Å². The second-order valence-electron chi connectivity index (χ2n) is 11.4. The average molecular weight is 656 g/mol. The number of ether oxygens (including phenoxy) is 2. The molecule has 2 unspecified atom stereocenters. The van der Waals surface area contributed by atoms with Crippen LogP contribution in [0.15, 0.2) is 87.9 Å². The van der Waals surface area contributed by atoms with Crippen molar-refractivity contribution in [1.82, 2.24) is 15.6 Å². The van der Waals surface area contributed by atoms with Crippen LogP contribution in [0.4, 0.5) is 0 Å². The Bertz CT molecular complexity index is 1610. The van der Waals surface area contributed by atoms with Gasteiger partial charge in [0.15, 0.2) is 17.3 Å². The summed E-state index contributed by atoms with van der Waals surface area (Å²) >= 11 is 3.73. The minimum absolute atomic E-state index is 0.118. The van der Waals surface area contributed by atoms with Crippen molar-refractivity contribution in [3.63, 3.8) is 0 Å². The second kappa shape index (κ2) is 14.7. The van der Waals surface area contributed by atoms with Crippen LogP contribution in [0.2, 0.25) is 0 Å². The Morgan fingerprint density at radius 1 is 1.05 bits per heavy atom. The maximum absolute atomic E-state index is 13.5. The van der Waals surface area contributed by atoms with Gasteiger partial charge in [0, 0.05) is 48.9 Å². The molecule has 7 nitrogen and oxygen atoms in total. The quantitative estimate of drug-likeness (QED) is 0.207. The van der Waals surface area contributed by atoms with Gasteiger partial charge in [0.05, 0.1) is 28.6 Å². The molecule has 1 aliphatic carbocycles. The highest BCUT2D eigenvalue weighted by atomic mass is 79.9. The molecule has 0 radical (unpaired) electrons. The maximum atomic E-state index is 13.5. The van der Waals surface area contributed by atoms with Gasteiger partial charge in [-0.1, -0.05) is 37.6 Å². The maximum Gasteiger partial charge on any atom is 0.175 e. The first kappa shape index (κ1) is 31.5. The number of benzene rings is 2. The van der Waals surface area contributed by atoms with Gasteiger partial charge in [-0.2, -0.15) is 5.26 Å². The molecule has 3 aromatic rings. The van der Waals surface area contributed by atoms with Crippen LogP contribution in [0, 0.1) is 17.2 Å². The zero-order valence-electron chi connectivity index (χ0n) is 25.6. The number of aromatic nitrogens is 1. The van der Waals surface area contributed by atoms with E-state index >= 15 is 0 Å². The van der Waals surface area contributed by atoms with Crippen molar-refractivity contribution in [2.24, 2.45) is 5.92 Å². The van der Waals surface area contributed by atoms with Crippen LogP contribution in [0.1, 0.15) is 74.6 Å². The van der Waals surface area contributed by atoms with Crippen LogP contribution in [-0.2, 0) is 24.5 Å². The standard InChI is InChI=1S/C36H39BrN4O3/c1-4-7-25-15-31-35(32(42)16-25)34(29(19-38)23(3)41-31)28-17-30(37)36(33(18-28)43-5-2)44-22-27-9-6-8-26(14-27)21-40-20-24-10-12-39-13-11-24/h6,8-14,17-18,25,34,40-41H,4-5,7,15-16,20-22H2,1-3H3. The summed E-state index contributed by atoms with van der Waals surface area (Å²) in [5.74, 6) is 1.17. The number of halogens is 1. The Labute approximate surface area is 268 Å². The number of dihydropyridines is 1. The van der Waals surface area contributed by atoms with Crippen molar-refractivity contribution in [3.05, 3.63) is 110 Å². The van der Waals surface area contributed by atoms with Crippen molar-refractivity contribution < 1.29 is 14.3 Å². The molecule has 44 heavy (non-hydrogen) atoms. The zero-order valence-corrected chi connectivity index (χ0v) is 27.2. The lowest BCUT2D eigenvalue weighted by Gasteiger charge is -2.35. The first-order valence-corrected chi connectivity index (χ1v) is 16.1. The number of nitrogens with one attached hydrogen (secondary N) is 2. The predicted molar refractivity (Wildman–Crippen MR) is 175 cm³/mol. The number of pyridine rings is 1. The first-order chi connectivity index (χ1) is 21.4. The van der Waals surface area contributed by atoms with E-state index in [2.05, 4.69) is 56.7 Å². The molecular weight excluding hydrogens is 616 g/mol. The van der Waals surface area contributed by atoms with Crippen molar-refractivity contribution in [2.75, 3.05) is 6.61 Å². The fraction of sp³-hybridized carbons (Fsp3) is 0.361. The number of nitrogens with zero attached hydrogens (tertiary/aromatic N) is 2. The molecular formula is C36H39BrN4O3. The molecule has 0 saturated heterocycles. The third-order valence-electron chi connectivity index (χ3n) is 8.18. The number of nitriles is 1. The van der Waals surface area contributed by atoms with Crippen LogP contribution in [0.25, 0.3) is 0 Å². The summed E-state index contributed by atoms with van der Waals surface area (Å²) in [4.78, 5) is 17.6. The summed E-state index contributed by atoms with van der Waals surface area (Å²) in [6.07, 6.45) is 6.99. The lowest BCUT2D eigenvalue weighted by atomic mass is 9.72. The zero-order chi connectivity index (χ0) is 31.1. The van der Waals surface area contributed by atoms with Crippen LogP contribution < -0.4 is 20.1 Å². The average Bonchev–Trinajstić information content (AvgIpc) is 3.01.